The highest BCUT2D eigenvalue weighted by atomic mass is 32.2. The second-order valence-electron chi connectivity index (χ2n) is 5.39. The molecule has 0 bridgehead atoms. The van der Waals surface area contributed by atoms with Crippen molar-refractivity contribution in [2.45, 2.75) is 26.9 Å². The second-order valence-corrected chi connectivity index (χ2v) is 7.35. The van der Waals surface area contributed by atoms with Gasteiger partial charge < -0.3 is 9.64 Å². The molecule has 128 valence electrons. The summed E-state index contributed by atoms with van der Waals surface area (Å²) in [6.07, 6.45) is -0.343. The molecule has 1 aliphatic heterocycles. The summed E-state index contributed by atoms with van der Waals surface area (Å²) in [5.41, 5.74) is 0.393. The Morgan fingerprint density at radius 1 is 1.39 bits per heavy atom. The van der Waals surface area contributed by atoms with E-state index in [-0.39, 0.29) is 18.4 Å². The molecule has 1 aliphatic rings. The lowest BCUT2D eigenvalue weighted by molar-refractivity contribution is -0.116. The number of hydrogen-bond acceptors (Lipinski definition) is 4. The Morgan fingerprint density at radius 3 is 2.65 bits per heavy atom. The van der Waals surface area contributed by atoms with Crippen LogP contribution in [0, 0.1) is 5.82 Å². The number of hydrogen-bond donors (Lipinski definition) is 0. The van der Waals surface area contributed by atoms with E-state index in [1.807, 2.05) is 0 Å². The smallest absolute Gasteiger partial charge is 0.243 e. The van der Waals surface area contributed by atoms with Crippen LogP contribution in [0.15, 0.2) is 18.2 Å². The third kappa shape index (κ3) is 3.81. The number of rotatable bonds is 5. The zero-order chi connectivity index (χ0) is 17.2. The van der Waals surface area contributed by atoms with Crippen molar-refractivity contribution in [2.24, 2.45) is 0 Å². The predicted molar refractivity (Wildman–Crippen MR) is 85.6 cm³/mol. The third-order valence-electron chi connectivity index (χ3n) is 3.69. The Balaban J connectivity index is 2.27. The molecule has 6 nitrogen and oxygen atoms in total. The van der Waals surface area contributed by atoms with E-state index in [0.29, 0.717) is 18.8 Å². The van der Waals surface area contributed by atoms with E-state index < -0.39 is 27.5 Å². The SMILES string of the molecule is CCN(CC)S(=O)(=O)CC(=O)N1C[C@H](C)Oc2cc(F)ccc21. The highest BCUT2D eigenvalue weighted by Gasteiger charge is 2.32. The number of amides is 1. The Morgan fingerprint density at radius 2 is 2.04 bits per heavy atom. The van der Waals surface area contributed by atoms with E-state index in [1.165, 1.54) is 27.4 Å². The van der Waals surface area contributed by atoms with Crippen LogP contribution in [-0.4, -0.2) is 50.1 Å². The van der Waals surface area contributed by atoms with Crippen molar-refractivity contribution >= 4 is 21.6 Å². The first-order valence-corrected chi connectivity index (χ1v) is 9.13. The van der Waals surface area contributed by atoms with Gasteiger partial charge in [0.25, 0.3) is 0 Å². The molecule has 0 N–H and O–H groups in total. The fraction of sp³-hybridized carbons (Fsp3) is 0.533. The van der Waals surface area contributed by atoms with Gasteiger partial charge in [0.15, 0.2) is 0 Å². The summed E-state index contributed by atoms with van der Waals surface area (Å²) < 4.78 is 44.7. The molecule has 2 rings (SSSR count). The summed E-state index contributed by atoms with van der Waals surface area (Å²) >= 11 is 0. The van der Waals surface area contributed by atoms with Crippen molar-refractivity contribution in [2.75, 3.05) is 30.3 Å². The molecule has 0 saturated carbocycles. The van der Waals surface area contributed by atoms with Gasteiger partial charge in [-0.05, 0) is 19.1 Å². The van der Waals surface area contributed by atoms with Crippen molar-refractivity contribution in [3.05, 3.63) is 24.0 Å². The first kappa shape index (κ1) is 17.7. The first-order valence-electron chi connectivity index (χ1n) is 7.52. The van der Waals surface area contributed by atoms with Crippen LogP contribution >= 0.6 is 0 Å². The van der Waals surface area contributed by atoms with E-state index in [2.05, 4.69) is 0 Å². The molecule has 0 spiro atoms. The number of carbonyl (C=O) groups excluding carboxylic acids is 1. The van der Waals surface area contributed by atoms with Gasteiger partial charge in [0, 0.05) is 19.2 Å². The lowest BCUT2D eigenvalue weighted by atomic mass is 10.2. The van der Waals surface area contributed by atoms with Crippen LogP contribution in [0.25, 0.3) is 0 Å². The Kier molecular flexibility index (Phi) is 5.26. The van der Waals surface area contributed by atoms with E-state index in [1.54, 1.807) is 20.8 Å². The number of anilines is 1. The molecule has 0 unspecified atom stereocenters. The van der Waals surface area contributed by atoms with Gasteiger partial charge in [-0.25, -0.2) is 17.1 Å². The molecular weight excluding hydrogens is 323 g/mol. The molecule has 0 saturated heterocycles. The molecule has 0 aliphatic carbocycles. The number of ether oxygens (including phenoxy) is 1. The van der Waals surface area contributed by atoms with Gasteiger partial charge >= 0.3 is 0 Å². The van der Waals surface area contributed by atoms with Crippen LogP contribution in [-0.2, 0) is 14.8 Å². The summed E-state index contributed by atoms with van der Waals surface area (Å²) in [5.74, 6) is -1.38. The quantitative estimate of drug-likeness (QED) is 0.814. The van der Waals surface area contributed by atoms with Crippen LogP contribution in [0.2, 0.25) is 0 Å². The fourth-order valence-electron chi connectivity index (χ4n) is 2.59. The largest absolute Gasteiger partial charge is 0.487 e. The number of nitrogens with zero attached hydrogens (tertiary/aromatic N) is 2. The maximum absolute atomic E-state index is 13.3. The van der Waals surface area contributed by atoms with Crippen molar-refractivity contribution < 1.29 is 22.3 Å². The Bertz CT molecular complexity index is 689. The number of fused-ring (bicyclic) bond motifs is 1. The average molecular weight is 344 g/mol. The zero-order valence-corrected chi connectivity index (χ0v) is 14.3. The number of benzene rings is 1. The van der Waals surface area contributed by atoms with Crippen LogP contribution in [0.5, 0.6) is 5.75 Å². The summed E-state index contributed by atoms with van der Waals surface area (Å²) in [6.45, 7) is 6.04. The highest BCUT2D eigenvalue weighted by molar-refractivity contribution is 7.89. The first-order chi connectivity index (χ1) is 10.8. The molecule has 1 atom stereocenters. The van der Waals surface area contributed by atoms with Crippen molar-refractivity contribution in [1.82, 2.24) is 4.31 Å². The lowest BCUT2D eigenvalue weighted by Gasteiger charge is -2.33. The van der Waals surface area contributed by atoms with Crippen LogP contribution in [0.3, 0.4) is 0 Å². The summed E-state index contributed by atoms with van der Waals surface area (Å²) in [5, 5.41) is 0. The van der Waals surface area contributed by atoms with E-state index >= 15 is 0 Å². The molecular formula is C15H21FN2O4S. The van der Waals surface area contributed by atoms with E-state index in [4.69, 9.17) is 4.74 Å². The van der Waals surface area contributed by atoms with Crippen molar-refractivity contribution in [3.63, 3.8) is 0 Å². The monoisotopic (exact) mass is 344 g/mol. The molecule has 1 aromatic rings. The van der Waals surface area contributed by atoms with Crippen molar-refractivity contribution in [3.8, 4) is 5.75 Å². The van der Waals surface area contributed by atoms with E-state index in [9.17, 15) is 17.6 Å². The maximum Gasteiger partial charge on any atom is 0.243 e. The molecule has 8 heteroatoms. The van der Waals surface area contributed by atoms with Gasteiger partial charge in [-0.15, -0.1) is 0 Å². The molecule has 0 aromatic heterocycles. The van der Waals surface area contributed by atoms with Gasteiger partial charge in [-0.1, -0.05) is 13.8 Å². The van der Waals surface area contributed by atoms with Gasteiger partial charge in [0.2, 0.25) is 15.9 Å². The topological polar surface area (TPSA) is 66.9 Å². The molecule has 0 radical (unpaired) electrons. The average Bonchev–Trinajstić information content (AvgIpc) is 2.46. The summed E-state index contributed by atoms with van der Waals surface area (Å²) in [4.78, 5) is 13.9. The fourth-order valence-corrected chi connectivity index (χ4v) is 4.03. The Hall–Kier alpha value is -1.67. The minimum Gasteiger partial charge on any atom is -0.487 e. The zero-order valence-electron chi connectivity index (χ0n) is 13.5. The minimum atomic E-state index is -3.67. The normalized spacial score (nSPS) is 17.8. The van der Waals surface area contributed by atoms with E-state index in [0.717, 1.165) is 0 Å². The van der Waals surface area contributed by atoms with Gasteiger partial charge in [-0.3, -0.25) is 4.79 Å². The molecule has 1 heterocycles. The van der Waals surface area contributed by atoms with Crippen LogP contribution in [0.1, 0.15) is 20.8 Å². The summed E-state index contributed by atoms with van der Waals surface area (Å²) in [7, 11) is -3.67. The molecule has 1 aromatic carbocycles. The second kappa shape index (κ2) is 6.84. The van der Waals surface area contributed by atoms with Crippen molar-refractivity contribution in [1.29, 1.82) is 0 Å². The number of carbonyl (C=O) groups is 1. The molecule has 1 amide bonds. The minimum absolute atomic E-state index is 0.227. The number of sulfonamides is 1. The standard InChI is InChI=1S/C15H21FN2O4S/c1-4-17(5-2)23(20,21)10-15(19)18-9-11(3)22-14-8-12(16)6-7-13(14)18/h6-8,11H,4-5,9-10H2,1-3H3/t11-/m0/s1. The summed E-state index contributed by atoms with van der Waals surface area (Å²) in [6, 6.07) is 3.85. The third-order valence-corrected chi connectivity index (χ3v) is 5.60. The Labute approximate surface area is 135 Å². The van der Waals surface area contributed by atoms with Crippen LogP contribution < -0.4 is 9.64 Å². The number of halogens is 1. The highest BCUT2D eigenvalue weighted by Crippen LogP contribution is 2.34. The van der Waals surface area contributed by atoms with Gasteiger partial charge in [-0.2, -0.15) is 0 Å². The lowest BCUT2D eigenvalue weighted by Crippen LogP contribution is -2.46. The maximum atomic E-state index is 13.3. The van der Waals surface area contributed by atoms with Gasteiger partial charge in [0.1, 0.15) is 23.4 Å². The predicted octanol–water partition coefficient (Wildman–Crippen LogP) is 1.61. The molecule has 0 fully saturated rings. The van der Waals surface area contributed by atoms with Crippen LogP contribution in [0.4, 0.5) is 10.1 Å². The van der Waals surface area contributed by atoms with Gasteiger partial charge in [0.05, 0.1) is 12.2 Å². The molecule has 23 heavy (non-hydrogen) atoms.